The van der Waals surface area contributed by atoms with Crippen LogP contribution >= 0.6 is 0 Å². The SMILES string of the molecule is C=C1N(C2CCC(=O)NC2=O)c2ccc(C(C)C)cc2C12CC2. The number of anilines is 1. The van der Waals surface area contributed by atoms with Crippen molar-refractivity contribution < 1.29 is 9.59 Å². The minimum Gasteiger partial charge on any atom is -0.332 e. The highest BCUT2D eigenvalue weighted by Crippen LogP contribution is 2.62. The molecular formula is C19H22N2O2. The zero-order valence-electron chi connectivity index (χ0n) is 13.7. The minimum atomic E-state index is -0.316. The van der Waals surface area contributed by atoms with Crippen molar-refractivity contribution in [1.29, 1.82) is 0 Å². The third-order valence-electron chi connectivity index (χ3n) is 5.58. The number of nitrogens with one attached hydrogen (secondary N) is 1. The largest absolute Gasteiger partial charge is 0.332 e. The molecule has 3 aliphatic rings. The van der Waals surface area contributed by atoms with Gasteiger partial charge in [-0.25, -0.2) is 0 Å². The highest BCUT2D eigenvalue weighted by atomic mass is 16.2. The van der Waals surface area contributed by atoms with Crippen LogP contribution in [0, 0.1) is 0 Å². The van der Waals surface area contributed by atoms with E-state index in [9.17, 15) is 9.59 Å². The standard InChI is InChI=1S/C19H22N2O2/c1-11(2)13-4-5-15-14(10-13)19(8-9-19)12(3)21(15)16-6-7-17(22)20-18(16)23/h4-5,10-11,16H,3,6-9H2,1-2H3,(H,20,22,23). The minimum absolute atomic E-state index is 0.0297. The lowest BCUT2D eigenvalue weighted by molar-refractivity contribution is -0.134. The Balaban J connectivity index is 1.78. The normalized spacial score (nSPS) is 25.1. The molecule has 4 nitrogen and oxygen atoms in total. The molecule has 1 unspecified atom stereocenters. The summed E-state index contributed by atoms with van der Waals surface area (Å²) in [6, 6.07) is 6.26. The van der Waals surface area contributed by atoms with E-state index in [0.717, 1.165) is 24.2 Å². The monoisotopic (exact) mass is 310 g/mol. The Morgan fingerprint density at radius 1 is 1.30 bits per heavy atom. The third-order valence-corrected chi connectivity index (χ3v) is 5.58. The van der Waals surface area contributed by atoms with Gasteiger partial charge in [0, 0.05) is 23.2 Å². The molecule has 0 radical (unpaired) electrons. The van der Waals surface area contributed by atoms with Crippen LogP contribution in [-0.2, 0) is 15.0 Å². The van der Waals surface area contributed by atoms with Crippen molar-refractivity contribution in [3.63, 3.8) is 0 Å². The molecule has 1 aromatic rings. The van der Waals surface area contributed by atoms with Crippen LogP contribution in [0.3, 0.4) is 0 Å². The quantitative estimate of drug-likeness (QED) is 0.854. The highest BCUT2D eigenvalue weighted by Gasteiger charge is 2.57. The zero-order chi connectivity index (χ0) is 16.4. The van der Waals surface area contributed by atoms with Crippen molar-refractivity contribution in [3.05, 3.63) is 41.6 Å². The number of fused-ring (bicyclic) bond motifs is 2. The van der Waals surface area contributed by atoms with E-state index in [0.29, 0.717) is 18.8 Å². The Bertz CT molecular complexity index is 731. The van der Waals surface area contributed by atoms with Crippen LogP contribution < -0.4 is 10.2 Å². The van der Waals surface area contributed by atoms with Gasteiger partial charge in [-0.3, -0.25) is 14.9 Å². The molecule has 1 N–H and O–H groups in total. The van der Waals surface area contributed by atoms with Gasteiger partial charge in [0.25, 0.3) is 0 Å². The lowest BCUT2D eigenvalue weighted by Crippen LogP contribution is -2.52. The average Bonchev–Trinajstić information content (AvgIpc) is 3.27. The molecule has 1 spiro atoms. The first-order valence-corrected chi connectivity index (χ1v) is 8.41. The molecule has 120 valence electrons. The lowest BCUT2D eigenvalue weighted by Gasteiger charge is -2.33. The van der Waals surface area contributed by atoms with Crippen LogP contribution in [0.15, 0.2) is 30.5 Å². The fraction of sp³-hybridized carbons (Fsp3) is 0.474. The number of nitrogens with zero attached hydrogens (tertiary/aromatic N) is 1. The topological polar surface area (TPSA) is 49.4 Å². The first-order valence-electron chi connectivity index (χ1n) is 8.41. The molecule has 2 aliphatic heterocycles. The van der Waals surface area contributed by atoms with E-state index >= 15 is 0 Å². The van der Waals surface area contributed by atoms with Crippen LogP contribution in [0.1, 0.15) is 56.6 Å². The molecule has 0 aromatic heterocycles. The summed E-state index contributed by atoms with van der Waals surface area (Å²) >= 11 is 0. The number of piperidine rings is 1. The molecule has 2 fully saturated rings. The van der Waals surface area contributed by atoms with Gasteiger partial charge in [-0.15, -0.1) is 0 Å². The lowest BCUT2D eigenvalue weighted by atomic mass is 9.92. The van der Waals surface area contributed by atoms with Gasteiger partial charge >= 0.3 is 0 Å². The number of hydrogen-bond acceptors (Lipinski definition) is 3. The van der Waals surface area contributed by atoms with E-state index in [1.165, 1.54) is 11.1 Å². The van der Waals surface area contributed by atoms with E-state index in [1.54, 1.807) is 0 Å². The Labute approximate surface area is 136 Å². The number of carbonyl (C=O) groups excluding carboxylic acids is 2. The van der Waals surface area contributed by atoms with Crippen molar-refractivity contribution in [2.24, 2.45) is 0 Å². The predicted octanol–water partition coefficient (Wildman–Crippen LogP) is 2.98. The van der Waals surface area contributed by atoms with Crippen LogP contribution in [0.4, 0.5) is 5.69 Å². The van der Waals surface area contributed by atoms with Crippen LogP contribution in [-0.4, -0.2) is 17.9 Å². The molecule has 4 heteroatoms. The van der Waals surface area contributed by atoms with Crippen LogP contribution in [0.25, 0.3) is 0 Å². The summed E-state index contributed by atoms with van der Waals surface area (Å²) in [5.41, 5.74) is 4.81. The summed E-state index contributed by atoms with van der Waals surface area (Å²) in [5.74, 6) is 0.112. The van der Waals surface area contributed by atoms with Crippen molar-refractivity contribution in [3.8, 4) is 0 Å². The van der Waals surface area contributed by atoms with E-state index in [4.69, 9.17) is 0 Å². The third kappa shape index (κ3) is 1.97. The van der Waals surface area contributed by atoms with Gasteiger partial charge in [-0.2, -0.15) is 0 Å². The Hall–Kier alpha value is -2.10. The second-order valence-corrected chi connectivity index (χ2v) is 7.30. The maximum absolute atomic E-state index is 12.3. The molecule has 4 rings (SSSR count). The Morgan fingerprint density at radius 2 is 2.04 bits per heavy atom. The zero-order valence-corrected chi connectivity index (χ0v) is 13.7. The van der Waals surface area contributed by atoms with E-state index in [1.807, 2.05) is 0 Å². The molecule has 0 bridgehead atoms. The van der Waals surface area contributed by atoms with E-state index < -0.39 is 0 Å². The van der Waals surface area contributed by atoms with Gasteiger partial charge in [0.15, 0.2) is 0 Å². The molecule has 2 heterocycles. The van der Waals surface area contributed by atoms with Gasteiger partial charge in [-0.1, -0.05) is 32.6 Å². The van der Waals surface area contributed by atoms with Crippen LogP contribution in [0.2, 0.25) is 0 Å². The number of carbonyl (C=O) groups is 2. The maximum atomic E-state index is 12.3. The Morgan fingerprint density at radius 3 is 2.65 bits per heavy atom. The molecule has 2 amide bonds. The van der Waals surface area contributed by atoms with Crippen LogP contribution in [0.5, 0.6) is 0 Å². The van der Waals surface area contributed by atoms with Crippen molar-refractivity contribution in [2.45, 2.75) is 56.9 Å². The Kier molecular flexibility index (Phi) is 2.96. The summed E-state index contributed by atoms with van der Waals surface area (Å²) in [5, 5.41) is 2.47. The van der Waals surface area contributed by atoms with Gasteiger partial charge in [0.05, 0.1) is 0 Å². The molecule has 1 atom stereocenters. The first-order chi connectivity index (χ1) is 10.9. The number of benzene rings is 1. The van der Waals surface area contributed by atoms with Gasteiger partial charge in [0.2, 0.25) is 11.8 Å². The summed E-state index contributed by atoms with van der Waals surface area (Å²) in [6.07, 6.45) is 3.16. The summed E-state index contributed by atoms with van der Waals surface area (Å²) in [7, 11) is 0. The molecule has 1 saturated heterocycles. The van der Waals surface area contributed by atoms with Gasteiger partial charge in [0.1, 0.15) is 6.04 Å². The molecule has 1 aromatic carbocycles. The number of allylic oxidation sites excluding steroid dienone is 1. The highest BCUT2D eigenvalue weighted by molar-refractivity contribution is 6.02. The summed E-state index contributed by atoms with van der Waals surface area (Å²) in [6.45, 7) is 8.72. The van der Waals surface area contributed by atoms with E-state index in [-0.39, 0.29) is 23.3 Å². The average molecular weight is 310 g/mol. The first kappa shape index (κ1) is 14.5. The molecule has 1 aliphatic carbocycles. The van der Waals surface area contributed by atoms with Crippen molar-refractivity contribution >= 4 is 17.5 Å². The summed E-state index contributed by atoms with van der Waals surface area (Å²) in [4.78, 5) is 25.9. The van der Waals surface area contributed by atoms with Gasteiger partial charge < -0.3 is 4.90 Å². The second kappa shape index (κ2) is 4.70. The second-order valence-electron chi connectivity index (χ2n) is 7.30. The fourth-order valence-corrected chi connectivity index (χ4v) is 4.00. The number of rotatable bonds is 2. The number of imide groups is 1. The number of amides is 2. The van der Waals surface area contributed by atoms with Gasteiger partial charge in [-0.05, 0) is 42.4 Å². The molecule has 1 saturated carbocycles. The smallest absolute Gasteiger partial charge is 0.249 e. The summed E-state index contributed by atoms with van der Waals surface area (Å²) < 4.78 is 0. The van der Waals surface area contributed by atoms with Crippen molar-refractivity contribution in [2.75, 3.05) is 4.90 Å². The maximum Gasteiger partial charge on any atom is 0.249 e. The predicted molar refractivity (Wildman–Crippen MR) is 89.2 cm³/mol. The molecular weight excluding hydrogens is 288 g/mol. The van der Waals surface area contributed by atoms with E-state index in [2.05, 4.69) is 48.8 Å². The molecule has 23 heavy (non-hydrogen) atoms. The van der Waals surface area contributed by atoms with Crippen molar-refractivity contribution in [1.82, 2.24) is 5.32 Å². The fourth-order valence-electron chi connectivity index (χ4n) is 4.00. The number of hydrogen-bond donors (Lipinski definition) is 1.